The van der Waals surface area contributed by atoms with Gasteiger partial charge in [-0.3, -0.25) is 0 Å². The molecule has 0 radical (unpaired) electrons. The molecule has 2 aromatic carbocycles. The predicted octanol–water partition coefficient (Wildman–Crippen LogP) is 15.5. The van der Waals surface area contributed by atoms with Crippen LogP contribution in [0.4, 0.5) is 0 Å². The Morgan fingerprint density at radius 3 is 1.35 bits per heavy atom. The lowest BCUT2D eigenvalue weighted by molar-refractivity contribution is 0.636. The summed E-state index contributed by atoms with van der Waals surface area (Å²) >= 11 is 20.8. The molecule has 3 aromatic rings. The lowest BCUT2D eigenvalue weighted by Crippen LogP contribution is -2.09. The molecule has 0 aliphatic carbocycles. The lowest BCUT2D eigenvalue weighted by Gasteiger charge is -2.20. The summed E-state index contributed by atoms with van der Waals surface area (Å²) in [5.41, 5.74) is 3.10. The van der Waals surface area contributed by atoms with Gasteiger partial charge in [-0.2, -0.15) is 0 Å². The van der Waals surface area contributed by atoms with Gasteiger partial charge in [0, 0.05) is 26.1 Å². The van der Waals surface area contributed by atoms with Crippen LogP contribution in [0.3, 0.4) is 0 Å². The van der Waals surface area contributed by atoms with Crippen LogP contribution in [0.25, 0.3) is 0 Å². The van der Waals surface area contributed by atoms with Gasteiger partial charge in [0.15, 0.2) is 0 Å². The highest BCUT2D eigenvalue weighted by molar-refractivity contribution is 8.42. The normalized spacial score (nSPS) is 17.9. The average Bonchev–Trinajstić information content (AvgIpc) is 3.88. The third-order valence-corrected chi connectivity index (χ3v) is 22.3. The molecule has 7 rings (SSSR count). The van der Waals surface area contributed by atoms with Crippen molar-refractivity contribution in [2.75, 3.05) is 11.5 Å². The van der Waals surface area contributed by atoms with Gasteiger partial charge in [-0.25, -0.2) is 0 Å². The van der Waals surface area contributed by atoms with Crippen molar-refractivity contribution in [1.82, 2.24) is 4.57 Å². The molecule has 0 bridgehead atoms. The van der Waals surface area contributed by atoms with E-state index in [1.54, 1.807) is 19.9 Å². The summed E-state index contributed by atoms with van der Waals surface area (Å²) in [7, 11) is 0. The minimum atomic E-state index is 0.388. The molecule has 1 nitrogen and oxygen atoms in total. The highest BCUT2D eigenvalue weighted by Gasteiger charge is 2.42. The summed E-state index contributed by atoms with van der Waals surface area (Å²) in [5.74, 6) is 2.48. The number of unbranched alkanes of at least 4 members (excludes halogenated alkanes) is 4. The molecule has 0 saturated heterocycles. The summed E-state index contributed by atoms with van der Waals surface area (Å²) in [5, 5.41) is 0. The van der Waals surface area contributed by atoms with Crippen LogP contribution in [-0.2, 0) is 6.54 Å². The summed E-state index contributed by atoms with van der Waals surface area (Å²) in [6, 6.07) is 18.0. The minimum absolute atomic E-state index is 0.388. The lowest BCUT2D eigenvalue weighted by atomic mass is 10.3. The monoisotopic (exact) mass is 793 g/mol. The van der Waals surface area contributed by atoms with Crippen LogP contribution < -0.4 is 0 Å². The second-order valence-electron chi connectivity index (χ2n) is 11.3. The van der Waals surface area contributed by atoms with Gasteiger partial charge in [0.25, 0.3) is 0 Å². The van der Waals surface area contributed by atoms with Gasteiger partial charge >= 0.3 is 0 Å². The Balaban J connectivity index is 1.22. The number of hydrogen-bond donors (Lipinski definition) is 0. The van der Waals surface area contributed by atoms with E-state index in [1.165, 1.54) is 87.9 Å². The zero-order valence-electron chi connectivity index (χ0n) is 26.4. The zero-order chi connectivity index (χ0) is 31.5. The Bertz CT molecular complexity index is 1460. The minimum Gasteiger partial charge on any atom is -0.343 e. The van der Waals surface area contributed by atoms with Gasteiger partial charge < -0.3 is 4.57 Å². The smallest absolute Gasteiger partial charge is 0.101 e. The van der Waals surface area contributed by atoms with Gasteiger partial charge in [0.1, 0.15) is 9.16 Å². The molecular formula is C35H39NS10. The quantitative estimate of drug-likeness (QED) is 0.145. The molecule has 46 heavy (non-hydrogen) atoms. The van der Waals surface area contributed by atoms with E-state index in [1.807, 2.05) is 0 Å². The number of rotatable bonds is 14. The molecule has 244 valence electrons. The number of fused-ring (bicyclic) bond motifs is 3. The molecule has 0 spiro atoms. The van der Waals surface area contributed by atoms with Crippen molar-refractivity contribution in [3.63, 3.8) is 0 Å². The Labute approximate surface area is 318 Å². The van der Waals surface area contributed by atoms with Gasteiger partial charge in [-0.15, -0.1) is 70.6 Å². The van der Waals surface area contributed by atoms with E-state index in [0.717, 1.165) is 13.0 Å². The maximum Gasteiger partial charge on any atom is 0.101 e. The topological polar surface area (TPSA) is 4.93 Å². The highest BCUT2D eigenvalue weighted by atomic mass is 32.3. The van der Waals surface area contributed by atoms with E-state index in [-0.39, 0.29) is 0 Å². The first-order valence-electron chi connectivity index (χ1n) is 16.2. The molecule has 5 heterocycles. The molecule has 11 heteroatoms. The van der Waals surface area contributed by atoms with E-state index < -0.39 is 0 Å². The maximum absolute atomic E-state index is 2.76. The molecule has 4 aliphatic rings. The maximum atomic E-state index is 2.76. The predicted molar refractivity (Wildman–Crippen MR) is 221 cm³/mol. The Kier molecular flexibility index (Phi) is 12.8. The summed E-state index contributed by atoms with van der Waals surface area (Å²) < 4.78 is 9.70. The molecule has 0 N–H and O–H groups in total. The van der Waals surface area contributed by atoms with Gasteiger partial charge in [0.2, 0.25) is 0 Å². The van der Waals surface area contributed by atoms with Gasteiger partial charge in [-0.1, -0.05) is 118 Å². The van der Waals surface area contributed by atoms with Crippen LogP contribution in [0.2, 0.25) is 0 Å². The molecule has 0 saturated carbocycles. The number of aromatic nitrogens is 1. The standard InChI is InChI=1S/C35H39NS10/c1-4-7-13-20-37-32-33(38-21-14-8-5-2)46-35(45-32)34-43-28-26(30-39-22-15-9-10-16-23(22)40-30)36(19-6-3)27(29(28)44-34)31-41-24-17-11-12-18-25(24)42-31/h9-12,15-18,30-31H,4-8,13-14,19-21H2,1-3H3. The van der Waals surface area contributed by atoms with Crippen LogP contribution in [0.15, 0.2) is 94.9 Å². The van der Waals surface area contributed by atoms with Gasteiger partial charge in [-0.05, 0) is 55.0 Å². The molecule has 0 amide bonds. The van der Waals surface area contributed by atoms with Crippen LogP contribution in [0.1, 0.15) is 86.3 Å². The van der Waals surface area contributed by atoms with Crippen LogP contribution >= 0.6 is 118 Å². The van der Waals surface area contributed by atoms with E-state index in [4.69, 9.17) is 0 Å². The van der Waals surface area contributed by atoms with Crippen molar-refractivity contribution in [3.05, 3.63) is 76.9 Å². The number of benzene rings is 2. The molecular weight excluding hydrogens is 755 g/mol. The fraction of sp³-hybridized carbons (Fsp3) is 0.429. The molecule has 0 atom stereocenters. The van der Waals surface area contributed by atoms with Crippen molar-refractivity contribution in [2.24, 2.45) is 0 Å². The summed E-state index contributed by atoms with van der Waals surface area (Å²) in [6.07, 6.45) is 9.03. The Hall–Kier alpha value is 0.700. The molecule has 4 aliphatic heterocycles. The Morgan fingerprint density at radius 1 is 0.543 bits per heavy atom. The Morgan fingerprint density at radius 2 is 0.957 bits per heavy atom. The first-order valence-corrected chi connectivity index (χ1v) is 25.0. The van der Waals surface area contributed by atoms with Crippen LogP contribution in [-0.4, -0.2) is 16.1 Å². The molecule has 0 unspecified atom stereocenters. The van der Waals surface area contributed by atoms with Crippen molar-refractivity contribution in [2.45, 2.75) is 111 Å². The van der Waals surface area contributed by atoms with E-state index >= 15 is 0 Å². The first-order chi connectivity index (χ1) is 22.7. The molecule has 0 fully saturated rings. The van der Waals surface area contributed by atoms with Crippen LogP contribution in [0, 0.1) is 0 Å². The zero-order valence-corrected chi connectivity index (χ0v) is 34.5. The second-order valence-corrected chi connectivity index (χ2v) is 23.8. The third kappa shape index (κ3) is 7.64. The average molecular weight is 794 g/mol. The SMILES string of the molecule is CCCCCSC1=C(SCCCCC)SC(=C2Sc3c(c(C4Sc5ccccc5S4)n(CCC)c3C3Sc4ccccc4S3)S2)S1. The third-order valence-electron chi connectivity index (χ3n) is 7.84. The van der Waals surface area contributed by atoms with E-state index in [9.17, 15) is 0 Å². The van der Waals surface area contributed by atoms with E-state index in [2.05, 4.69) is 191 Å². The van der Waals surface area contributed by atoms with Crippen molar-refractivity contribution >= 4 is 118 Å². The van der Waals surface area contributed by atoms with Gasteiger partial charge in [0.05, 0.1) is 38.1 Å². The van der Waals surface area contributed by atoms with Crippen molar-refractivity contribution in [1.29, 1.82) is 0 Å². The fourth-order valence-electron chi connectivity index (χ4n) is 5.62. The largest absolute Gasteiger partial charge is 0.343 e. The van der Waals surface area contributed by atoms with Crippen LogP contribution in [0.5, 0.6) is 0 Å². The second kappa shape index (κ2) is 16.8. The number of hydrogen-bond acceptors (Lipinski definition) is 10. The van der Waals surface area contributed by atoms with E-state index in [0.29, 0.717) is 9.16 Å². The highest BCUT2D eigenvalue weighted by Crippen LogP contribution is 2.70. The fourth-order valence-corrected chi connectivity index (χ4v) is 21.0. The first kappa shape index (κ1) is 35.1. The van der Waals surface area contributed by atoms with Crippen molar-refractivity contribution in [3.8, 4) is 0 Å². The molecule has 1 aromatic heterocycles. The number of nitrogens with zero attached hydrogens (tertiary/aromatic N) is 1. The summed E-state index contributed by atoms with van der Waals surface area (Å²) in [6.45, 7) is 8.04. The summed E-state index contributed by atoms with van der Waals surface area (Å²) in [4.78, 5) is 8.81. The number of thioether (sulfide) groups is 10. The van der Waals surface area contributed by atoms with Crippen molar-refractivity contribution < 1.29 is 0 Å².